The number of carbonyl (C=O) groups excluding carboxylic acids is 2. The molecule has 0 spiro atoms. The average Bonchev–Trinajstić information content (AvgIpc) is 4.28. The smallest absolute Gasteiger partial charge is 0.173 e. The molecule has 3 saturated heterocycles. The third kappa shape index (κ3) is 17.2. The monoisotopic (exact) mass is 1080 g/mol. The summed E-state index contributed by atoms with van der Waals surface area (Å²) in [4.78, 5) is 53.8. The first-order valence-corrected chi connectivity index (χ1v) is 26.0. The van der Waals surface area contributed by atoms with Crippen LogP contribution in [0.2, 0.25) is 0 Å². The van der Waals surface area contributed by atoms with Gasteiger partial charge in [-0.2, -0.15) is 12.6 Å². The van der Waals surface area contributed by atoms with E-state index in [0.717, 1.165) is 37.2 Å². The Labute approximate surface area is 446 Å². The van der Waals surface area contributed by atoms with Crippen molar-refractivity contribution < 1.29 is 43.5 Å². The third-order valence-electron chi connectivity index (χ3n) is 11.1. The number of anilines is 3. The highest BCUT2D eigenvalue weighted by Gasteiger charge is 2.45. The SMILES string of the molecule is C=O.CC.CC.CC(C)C.CCC1CC(C)C(n2cnc3c(N)ncnc32)O1.CCCC1OC(n2cnc3c(N)ncnc32)C(C)C1OC.COCC1OC(n2cnc3c(N)ncnc32)C(O)C1O.CS.O=CS. The zero-order valence-electron chi connectivity index (χ0n) is 45.5. The summed E-state index contributed by atoms with van der Waals surface area (Å²) in [6, 6.07) is 0. The van der Waals surface area contributed by atoms with Gasteiger partial charge in [-0.05, 0) is 31.4 Å². The summed E-state index contributed by atoms with van der Waals surface area (Å²) in [5.74, 6) is 2.54. The molecule has 9 heterocycles. The minimum Gasteiger partial charge on any atom is -0.387 e. The second kappa shape index (κ2) is 35.1. The van der Waals surface area contributed by atoms with Crippen molar-refractivity contribution in [2.24, 2.45) is 17.8 Å². The van der Waals surface area contributed by atoms with E-state index in [4.69, 9.17) is 50.5 Å². The number of carbonyl (C=O) groups is 2. The molecule has 0 radical (unpaired) electrons. The highest BCUT2D eigenvalue weighted by molar-refractivity contribution is 7.94. The molecule has 74 heavy (non-hydrogen) atoms. The lowest BCUT2D eigenvalue weighted by atomic mass is 9.99. The number of hydrogen-bond acceptors (Lipinski definition) is 22. The van der Waals surface area contributed by atoms with Crippen molar-refractivity contribution in [1.29, 1.82) is 0 Å². The fourth-order valence-electron chi connectivity index (χ4n) is 8.03. The third-order valence-corrected chi connectivity index (χ3v) is 11.1. The number of ether oxygens (including phenoxy) is 5. The molecule has 3 fully saturated rings. The fraction of sp³-hybridized carbons (Fsp3) is 0.646. The van der Waals surface area contributed by atoms with Crippen LogP contribution < -0.4 is 17.2 Å². The first kappa shape index (κ1) is 66.8. The van der Waals surface area contributed by atoms with Crippen LogP contribution in [-0.4, -0.2) is 145 Å². The van der Waals surface area contributed by atoms with E-state index in [1.54, 1.807) is 26.0 Å². The molecule has 0 amide bonds. The molecule has 11 unspecified atom stereocenters. The minimum atomic E-state index is -1.11. The highest BCUT2D eigenvalue weighted by Crippen LogP contribution is 2.40. The molecule has 6 aromatic rings. The number of aromatic nitrogens is 12. The molecule has 3 aliphatic rings. The molecule has 8 N–H and O–H groups in total. The van der Waals surface area contributed by atoms with Crippen LogP contribution in [0, 0.1) is 17.8 Å². The number of fused-ring (bicyclic) bond motifs is 3. The Morgan fingerprint density at radius 2 is 1.09 bits per heavy atom. The van der Waals surface area contributed by atoms with E-state index in [2.05, 4.69) is 119 Å². The van der Waals surface area contributed by atoms with Crippen molar-refractivity contribution in [3.05, 3.63) is 38.0 Å². The Hall–Kier alpha value is -5.19. The largest absolute Gasteiger partial charge is 0.387 e. The van der Waals surface area contributed by atoms with Gasteiger partial charge in [0.05, 0.1) is 43.9 Å². The van der Waals surface area contributed by atoms with Crippen LogP contribution in [-0.2, 0) is 33.3 Å². The van der Waals surface area contributed by atoms with Crippen LogP contribution in [0.25, 0.3) is 33.5 Å². The Morgan fingerprint density at radius 1 is 0.703 bits per heavy atom. The standard InChI is InChI=1S/C14H21N5O2.C12H17N5O.C11H15N5O4.C4H10.2C2H6.CH2OS.CH2O.CH4S/c1-4-5-9-11(20-3)8(2)14(21-9)19-7-18-10-12(15)16-6-17-13(10)19;1-3-8-4-7(2)12(18-8)17-6-16-9-10(13)14-5-15-11(9)17;1-19-2-5-7(17)8(18)11(20-5)16-4-15-6-9(12)13-3-14-10(6)16;1-4(2)3;2*1-2;2-1-3;2*1-2/h6-9,11,14H,4-5H2,1-3H3,(H2,15,16,17);5-8,12H,3-4H2,1-2H3,(H2,13,14,15);3-5,7-8,11,17-18H,2H2,1H3,(H2,12,13,14);4H,1-3H3;2*1-2H3;1H,(H,2,3);1H2;2H,1H3. The van der Waals surface area contributed by atoms with Gasteiger partial charge < -0.3 is 55.9 Å². The molecular weight excluding hydrogens is 995 g/mol. The maximum Gasteiger partial charge on any atom is 0.173 e. The minimum absolute atomic E-state index is 0.00532. The quantitative estimate of drug-likeness (QED) is 0.0612. The molecule has 24 nitrogen and oxygen atoms in total. The van der Waals surface area contributed by atoms with Crippen LogP contribution in [0.5, 0.6) is 0 Å². The van der Waals surface area contributed by atoms with Crippen molar-refractivity contribution in [1.82, 2.24) is 58.6 Å². The molecule has 9 rings (SSSR count). The van der Waals surface area contributed by atoms with E-state index in [1.165, 1.54) is 37.0 Å². The molecule has 3 aliphatic heterocycles. The molecule has 0 saturated carbocycles. The van der Waals surface area contributed by atoms with Crippen LogP contribution in [0.15, 0.2) is 38.0 Å². The van der Waals surface area contributed by atoms with Crippen molar-refractivity contribution in [2.75, 3.05) is 44.3 Å². The van der Waals surface area contributed by atoms with Gasteiger partial charge in [0.2, 0.25) is 0 Å². The fourth-order valence-corrected chi connectivity index (χ4v) is 8.03. The summed E-state index contributed by atoms with van der Waals surface area (Å²) >= 11 is 6.64. The molecule has 6 aromatic heterocycles. The summed E-state index contributed by atoms with van der Waals surface area (Å²) in [6.07, 6.45) is 11.7. The van der Waals surface area contributed by atoms with E-state index in [1.807, 2.05) is 43.6 Å². The predicted octanol–water partition coefficient (Wildman–Crippen LogP) is 6.36. The summed E-state index contributed by atoms with van der Waals surface area (Å²) in [6.45, 7) is 25.3. The molecule has 0 aliphatic carbocycles. The number of rotatable bonds is 9. The topological polar surface area (TPSA) is 330 Å². The molecule has 26 heteroatoms. The van der Waals surface area contributed by atoms with E-state index >= 15 is 0 Å². The van der Waals surface area contributed by atoms with Crippen molar-refractivity contribution in [3.8, 4) is 0 Å². The van der Waals surface area contributed by atoms with Crippen molar-refractivity contribution in [2.45, 2.75) is 157 Å². The van der Waals surface area contributed by atoms with Gasteiger partial charge >= 0.3 is 0 Å². The van der Waals surface area contributed by atoms with Gasteiger partial charge in [0.1, 0.15) is 73.1 Å². The predicted molar refractivity (Wildman–Crippen MR) is 295 cm³/mol. The number of nitrogens with two attached hydrogens (primary N) is 3. The van der Waals surface area contributed by atoms with Gasteiger partial charge in [0.15, 0.2) is 46.2 Å². The van der Waals surface area contributed by atoms with E-state index in [-0.39, 0.29) is 43.0 Å². The summed E-state index contributed by atoms with van der Waals surface area (Å²) in [5.41, 5.74) is 21.3. The number of nitrogens with zero attached hydrogens (tertiary/aromatic N) is 12. The van der Waals surface area contributed by atoms with E-state index in [9.17, 15) is 10.2 Å². The van der Waals surface area contributed by atoms with Crippen LogP contribution in [0.1, 0.15) is 121 Å². The maximum atomic E-state index is 10.1. The van der Waals surface area contributed by atoms with Gasteiger partial charge in [0, 0.05) is 26.1 Å². The molecular formula is C48H83N15O9S2. The van der Waals surface area contributed by atoms with Gasteiger partial charge in [-0.1, -0.05) is 82.6 Å². The van der Waals surface area contributed by atoms with Crippen molar-refractivity contribution >= 4 is 88.6 Å². The van der Waals surface area contributed by atoms with Gasteiger partial charge in [-0.15, -0.1) is 12.6 Å². The maximum absolute atomic E-state index is 10.1. The molecule has 0 aromatic carbocycles. The number of nitrogen functional groups attached to an aromatic ring is 3. The van der Waals surface area contributed by atoms with Crippen LogP contribution >= 0.6 is 25.3 Å². The normalized spacial score (nSPS) is 24.2. The van der Waals surface area contributed by atoms with Gasteiger partial charge in [-0.3, -0.25) is 18.5 Å². The Kier molecular flexibility index (Phi) is 31.7. The number of aliphatic hydroxyl groups excluding tert-OH is 2. The molecule has 0 bridgehead atoms. The average molecular weight is 1080 g/mol. The lowest BCUT2D eigenvalue weighted by molar-refractivity contribution is -0.0980. The Bertz CT molecular complexity index is 2460. The van der Waals surface area contributed by atoms with Crippen LogP contribution in [0.4, 0.5) is 17.5 Å². The van der Waals surface area contributed by atoms with E-state index < -0.39 is 24.5 Å². The summed E-state index contributed by atoms with van der Waals surface area (Å²) in [7, 11) is 3.23. The van der Waals surface area contributed by atoms with Crippen molar-refractivity contribution in [3.63, 3.8) is 0 Å². The first-order chi connectivity index (χ1) is 35.6. The zero-order valence-corrected chi connectivity index (χ0v) is 47.2. The highest BCUT2D eigenvalue weighted by atomic mass is 32.1. The number of thiol groups is 2. The van der Waals surface area contributed by atoms with Gasteiger partial charge in [-0.25, -0.2) is 44.9 Å². The Balaban J connectivity index is 0.000000490. The van der Waals surface area contributed by atoms with Gasteiger partial charge in [0.25, 0.3) is 0 Å². The summed E-state index contributed by atoms with van der Waals surface area (Å²) in [5, 5.41) is 20.0. The lowest BCUT2D eigenvalue weighted by Crippen LogP contribution is -2.33. The lowest BCUT2D eigenvalue weighted by Gasteiger charge is -2.19. The number of imidazole rings is 3. The zero-order chi connectivity index (χ0) is 56.2. The number of methoxy groups -OCH3 is 2. The number of aliphatic hydroxyl groups is 2. The Morgan fingerprint density at radius 3 is 1.46 bits per heavy atom. The second-order valence-electron chi connectivity index (χ2n) is 16.8. The first-order valence-electron chi connectivity index (χ1n) is 24.6. The molecule has 11 atom stereocenters. The number of hydrogen-bond donors (Lipinski definition) is 7. The second-order valence-corrected chi connectivity index (χ2v) is 17.0. The summed E-state index contributed by atoms with van der Waals surface area (Å²) < 4.78 is 33.9. The molecule has 416 valence electrons. The van der Waals surface area contributed by atoms with Crippen LogP contribution in [0.3, 0.4) is 0 Å². The van der Waals surface area contributed by atoms with E-state index in [0.29, 0.717) is 57.1 Å².